The van der Waals surface area contributed by atoms with Gasteiger partial charge in [-0.1, -0.05) is 6.07 Å². The minimum absolute atomic E-state index is 0.202. The molecular weight excluding hydrogens is 256 g/mol. The maximum Gasteiger partial charge on any atom is 0.409 e. The Morgan fingerprint density at radius 3 is 2.65 bits per heavy atom. The Kier molecular flexibility index (Phi) is 5.17. The minimum Gasteiger partial charge on any atom is -0.450 e. The molecule has 1 saturated heterocycles. The molecule has 0 bridgehead atoms. The number of anilines is 1. The summed E-state index contributed by atoms with van der Waals surface area (Å²) in [5, 5.41) is 3.01. The van der Waals surface area contributed by atoms with E-state index in [0.29, 0.717) is 6.61 Å². The Morgan fingerprint density at radius 2 is 2.10 bits per heavy atom. The van der Waals surface area contributed by atoms with Gasteiger partial charge in [-0.25, -0.2) is 9.78 Å². The van der Waals surface area contributed by atoms with Crippen LogP contribution in [0.25, 0.3) is 0 Å². The predicted octanol–water partition coefficient (Wildman–Crippen LogP) is 1.40. The standard InChI is InChI=1S/C14H22N4O2/c1-3-20-14(19)18-8-6-17(7-9-18)11-12-4-5-13(15-2)16-10-12/h4-5,10H,3,6-9,11H2,1-2H3,(H,15,16). The average molecular weight is 278 g/mol. The molecule has 1 aliphatic rings. The zero-order valence-electron chi connectivity index (χ0n) is 12.1. The minimum atomic E-state index is -0.202. The molecule has 20 heavy (non-hydrogen) atoms. The Bertz CT molecular complexity index is 427. The summed E-state index contributed by atoms with van der Waals surface area (Å²) in [4.78, 5) is 20.0. The van der Waals surface area contributed by atoms with Crippen molar-refractivity contribution >= 4 is 11.9 Å². The van der Waals surface area contributed by atoms with Crippen LogP contribution in [0.4, 0.5) is 10.6 Å². The van der Waals surface area contributed by atoms with Gasteiger partial charge in [0.2, 0.25) is 0 Å². The summed E-state index contributed by atoms with van der Waals surface area (Å²) >= 11 is 0. The number of amides is 1. The van der Waals surface area contributed by atoms with E-state index in [1.54, 1.807) is 4.90 Å². The number of carbonyl (C=O) groups excluding carboxylic acids is 1. The number of pyridine rings is 1. The van der Waals surface area contributed by atoms with Crippen molar-refractivity contribution in [3.05, 3.63) is 23.9 Å². The maximum atomic E-state index is 11.6. The fourth-order valence-electron chi connectivity index (χ4n) is 2.23. The second-order valence-corrected chi connectivity index (χ2v) is 4.76. The number of aromatic nitrogens is 1. The molecule has 6 heteroatoms. The third kappa shape index (κ3) is 3.84. The Labute approximate surface area is 119 Å². The number of piperazine rings is 1. The van der Waals surface area contributed by atoms with Crippen LogP contribution in [0.15, 0.2) is 18.3 Å². The number of hydrogen-bond donors (Lipinski definition) is 1. The van der Waals surface area contributed by atoms with Crippen molar-refractivity contribution < 1.29 is 9.53 Å². The Balaban J connectivity index is 1.80. The van der Waals surface area contributed by atoms with Crippen LogP contribution in [-0.4, -0.2) is 60.7 Å². The van der Waals surface area contributed by atoms with Crippen LogP contribution in [0.2, 0.25) is 0 Å². The molecule has 0 aliphatic carbocycles. The van der Waals surface area contributed by atoms with Crippen molar-refractivity contribution in [2.75, 3.05) is 45.2 Å². The first kappa shape index (κ1) is 14.6. The van der Waals surface area contributed by atoms with E-state index in [-0.39, 0.29) is 6.09 Å². The topological polar surface area (TPSA) is 57.7 Å². The molecule has 0 atom stereocenters. The van der Waals surface area contributed by atoms with Gasteiger partial charge in [-0.05, 0) is 18.6 Å². The van der Waals surface area contributed by atoms with E-state index in [1.165, 1.54) is 5.56 Å². The van der Waals surface area contributed by atoms with Gasteiger partial charge in [-0.2, -0.15) is 0 Å². The zero-order chi connectivity index (χ0) is 14.4. The van der Waals surface area contributed by atoms with Crippen LogP contribution in [0.1, 0.15) is 12.5 Å². The lowest BCUT2D eigenvalue weighted by Gasteiger charge is -2.33. The normalized spacial score (nSPS) is 16.0. The molecule has 0 spiro atoms. The highest BCUT2D eigenvalue weighted by atomic mass is 16.6. The van der Waals surface area contributed by atoms with Gasteiger partial charge >= 0.3 is 6.09 Å². The lowest BCUT2D eigenvalue weighted by atomic mass is 10.2. The SMILES string of the molecule is CCOC(=O)N1CCN(Cc2ccc(NC)nc2)CC1. The van der Waals surface area contributed by atoms with Crippen molar-refractivity contribution in [2.24, 2.45) is 0 Å². The number of nitrogens with one attached hydrogen (secondary N) is 1. The van der Waals surface area contributed by atoms with Crippen LogP contribution >= 0.6 is 0 Å². The maximum absolute atomic E-state index is 11.6. The summed E-state index contributed by atoms with van der Waals surface area (Å²) in [6.07, 6.45) is 1.69. The van der Waals surface area contributed by atoms with Crippen LogP contribution in [0, 0.1) is 0 Å². The summed E-state index contributed by atoms with van der Waals surface area (Å²) in [6.45, 7) is 6.31. The van der Waals surface area contributed by atoms with Crippen LogP contribution in [-0.2, 0) is 11.3 Å². The molecule has 110 valence electrons. The average Bonchev–Trinajstić information content (AvgIpc) is 2.49. The van der Waals surface area contributed by atoms with E-state index >= 15 is 0 Å². The molecule has 0 saturated carbocycles. The molecular formula is C14H22N4O2. The summed E-state index contributed by atoms with van der Waals surface area (Å²) in [6, 6.07) is 4.06. The van der Waals surface area contributed by atoms with E-state index in [2.05, 4.69) is 21.3 Å². The van der Waals surface area contributed by atoms with E-state index in [1.807, 2.05) is 26.2 Å². The second-order valence-electron chi connectivity index (χ2n) is 4.76. The predicted molar refractivity (Wildman–Crippen MR) is 77.7 cm³/mol. The third-order valence-electron chi connectivity index (χ3n) is 3.39. The van der Waals surface area contributed by atoms with Gasteiger partial charge in [0.15, 0.2) is 0 Å². The second kappa shape index (κ2) is 7.09. The Hall–Kier alpha value is -1.82. The fraction of sp³-hybridized carbons (Fsp3) is 0.571. The number of ether oxygens (including phenoxy) is 1. The number of hydrogen-bond acceptors (Lipinski definition) is 5. The van der Waals surface area contributed by atoms with E-state index in [9.17, 15) is 4.79 Å². The summed E-state index contributed by atoms with van der Waals surface area (Å²) < 4.78 is 5.01. The molecule has 1 amide bonds. The van der Waals surface area contributed by atoms with Crippen molar-refractivity contribution in [3.8, 4) is 0 Å². The molecule has 2 heterocycles. The molecule has 0 unspecified atom stereocenters. The highest BCUT2D eigenvalue weighted by Crippen LogP contribution is 2.10. The number of rotatable bonds is 4. The van der Waals surface area contributed by atoms with Crippen LogP contribution in [0.5, 0.6) is 0 Å². The van der Waals surface area contributed by atoms with Crippen LogP contribution < -0.4 is 5.32 Å². The highest BCUT2D eigenvalue weighted by Gasteiger charge is 2.21. The zero-order valence-corrected chi connectivity index (χ0v) is 12.1. The van der Waals surface area contributed by atoms with Gasteiger partial charge < -0.3 is 15.0 Å². The van der Waals surface area contributed by atoms with Gasteiger partial charge in [-0.3, -0.25) is 4.90 Å². The molecule has 6 nitrogen and oxygen atoms in total. The molecule has 1 fully saturated rings. The highest BCUT2D eigenvalue weighted by molar-refractivity contribution is 5.67. The first-order valence-corrected chi connectivity index (χ1v) is 6.99. The summed E-state index contributed by atoms with van der Waals surface area (Å²) in [5.41, 5.74) is 1.19. The van der Waals surface area contributed by atoms with Crippen LogP contribution in [0.3, 0.4) is 0 Å². The largest absolute Gasteiger partial charge is 0.450 e. The monoisotopic (exact) mass is 278 g/mol. The molecule has 0 aromatic carbocycles. The van der Waals surface area contributed by atoms with Crippen molar-refractivity contribution in [1.29, 1.82) is 0 Å². The molecule has 1 N–H and O–H groups in total. The fourth-order valence-corrected chi connectivity index (χ4v) is 2.23. The van der Waals surface area contributed by atoms with E-state index in [4.69, 9.17) is 4.74 Å². The molecule has 0 radical (unpaired) electrons. The summed E-state index contributed by atoms with van der Waals surface area (Å²) in [7, 11) is 1.86. The van der Waals surface area contributed by atoms with Gasteiger partial charge in [0, 0.05) is 46.0 Å². The van der Waals surface area contributed by atoms with E-state index < -0.39 is 0 Å². The van der Waals surface area contributed by atoms with Crippen molar-refractivity contribution in [2.45, 2.75) is 13.5 Å². The molecule has 1 aliphatic heterocycles. The first-order valence-electron chi connectivity index (χ1n) is 6.99. The number of carbonyl (C=O) groups is 1. The van der Waals surface area contributed by atoms with Gasteiger partial charge in [0.1, 0.15) is 5.82 Å². The van der Waals surface area contributed by atoms with Gasteiger partial charge in [-0.15, -0.1) is 0 Å². The van der Waals surface area contributed by atoms with E-state index in [0.717, 1.165) is 38.5 Å². The van der Waals surface area contributed by atoms with Crippen molar-refractivity contribution in [3.63, 3.8) is 0 Å². The number of nitrogens with zero attached hydrogens (tertiary/aromatic N) is 3. The third-order valence-corrected chi connectivity index (χ3v) is 3.39. The quantitative estimate of drug-likeness (QED) is 0.902. The van der Waals surface area contributed by atoms with Gasteiger partial charge in [0.25, 0.3) is 0 Å². The summed E-state index contributed by atoms with van der Waals surface area (Å²) in [5.74, 6) is 0.876. The molecule has 1 aromatic heterocycles. The lowest BCUT2D eigenvalue weighted by Crippen LogP contribution is -2.48. The first-order chi connectivity index (χ1) is 9.72. The molecule has 1 aromatic rings. The molecule has 2 rings (SSSR count). The van der Waals surface area contributed by atoms with Gasteiger partial charge in [0.05, 0.1) is 6.61 Å². The lowest BCUT2D eigenvalue weighted by molar-refractivity contribution is 0.0778. The van der Waals surface area contributed by atoms with Crippen molar-refractivity contribution in [1.82, 2.24) is 14.8 Å². The Morgan fingerprint density at radius 1 is 1.35 bits per heavy atom. The smallest absolute Gasteiger partial charge is 0.409 e.